The number of carbonyl (C=O) groups is 2. The molecule has 1 aromatic heterocycles. The average Bonchev–Trinajstić information content (AvgIpc) is 2.88. The number of amides is 2. The lowest BCUT2D eigenvalue weighted by atomic mass is 10.2. The summed E-state index contributed by atoms with van der Waals surface area (Å²) in [6.07, 6.45) is -0.954. The van der Waals surface area contributed by atoms with Crippen molar-refractivity contribution in [3.8, 4) is 0 Å². The number of thiophene rings is 1. The van der Waals surface area contributed by atoms with E-state index in [-0.39, 0.29) is 6.61 Å². The number of urea groups is 1. The van der Waals surface area contributed by atoms with Crippen LogP contribution in [0.5, 0.6) is 0 Å². The van der Waals surface area contributed by atoms with Crippen LogP contribution in [0.25, 0.3) is 10.1 Å². The highest BCUT2D eigenvalue weighted by molar-refractivity contribution is 7.19. The van der Waals surface area contributed by atoms with E-state index >= 15 is 0 Å². The molecule has 6 nitrogen and oxygen atoms in total. The minimum absolute atomic E-state index is 0.155. The molecule has 0 aliphatic heterocycles. The smallest absolute Gasteiger partial charge is 0.433 e. The number of ether oxygens (including phenoxy) is 1. The van der Waals surface area contributed by atoms with E-state index in [4.69, 9.17) is 10.6 Å². The van der Waals surface area contributed by atoms with Gasteiger partial charge in [-0.2, -0.15) is 0 Å². The van der Waals surface area contributed by atoms with Gasteiger partial charge in [0.15, 0.2) is 0 Å². The van der Waals surface area contributed by atoms with Crippen molar-refractivity contribution in [1.29, 1.82) is 0 Å². The normalized spacial score (nSPS) is 11.9. The first-order chi connectivity index (χ1) is 10.0. The van der Waals surface area contributed by atoms with E-state index in [1.807, 2.05) is 30.3 Å². The SMILES string of the molecule is CCOC(=O)ON(C(N)=O)C(C)c1cc2ccccc2s1. The van der Waals surface area contributed by atoms with Gasteiger partial charge in [0.2, 0.25) is 0 Å². The van der Waals surface area contributed by atoms with E-state index in [1.165, 1.54) is 11.3 Å². The number of hydrogen-bond acceptors (Lipinski definition) is 5. The van der Waals surface area contributed by atoms with Gasteiger partial charge >= 0.3 is 12.2 Å². The molecule has 0 saturated carbocycles. The Morgan fingerprint density at radius 3 is 2.71 bits per heavy atom. The lowest BCUT2D eigenvalue weighted by Crippen LogP contribution is -2.39. The van der Waals surface area contributed by atoms with Crippen LogP contribution in [0.1, 0.15) is 24.8 Å². The van der Waals surface area contributed by atoms with Crippen molar-refractivity contribution in [3.63, 3.8) is 0 Å². The molecule has 0 bridgehead atoms. The molecule has 2 aromatic rings. The molecule has 1 atom stereocenters. The molecule has 21 heavy (non-hydrogen) atoms. The number of primary amides is 1. The van der Waals surface area contributed by atoms with Gasteiger partial charge in [0.25, 0.3) is 0 Å². The number of hydroxylamine groups is 2. The maximum atomic E-state index is 11.5. The first-order valence-corrected chi connectivity index (χ1v) is 7.26. The summed E-state index contributed by atoms with van der Waals surface area (Å²) in [5, 5.41) is 1.88. The summed E-state index contributed by atoms with van der Waals surface area (Å²) < 4.78 is 5.74. The number of fused-ring (bicyclic) bond motifs is 1. The maximum Gasteiger partial charge on any atom is 0.533 e. The first-order valence-electron chi connectivity index (χ1n) is 6.44. The van der Waals surface area contributed by atoms with Crippen molar-refractivity contribution < 1.29 is 19.2 Å². The van der Waals surface area contributed by atoms with Gasteiger partial charge in [-0.05, 0) is 31.4 Å². The fraction of sp³-hybridized carbons (Fsp3) is 0.286. The fourth-order valence-corrected chi connectivity index (χ4v) is 2.96. The van der Waals surface area contributed by atoms with Gasteiger partial charge in [0.1, 0.15) is 6.04 Å². The van der Waals surface area contributed by atoms with E-state index in [0.717, 1.165) is 20.0 Å². The molecule has 7 heteroatoms. The molecule has 2 rings (SSSR count). The predicted octanol–water partition coefficient (Wildman–Crippen LogP) is 3.43. The number of nitrogens with zero attached hydrogens (tertiary/aromatic N) is 1. The van der Waals surface area contributed by atoms with Crippen LogP contribution in [0.4, 0.5) is 9.59 Å². The zero-order chi connectivity index (χ0) is 15.4. The Morgan fingerprint density at radius 1 is 1.38 bits per heavy atom. The summed E-state index contributed by atoms with van der Waals surface area (Å²) in [4.78, 5) is 28.6. The summed E-state index contributed by atoms with van der Waals surface area (Å²) in [6.45, 7) is 3.53. The van der Waals surface area contributed by atoms with E-state index in [1.54, 1.807) is 13.8 Å². The van der Waals surface area contributed by atoms with E-state index in [0.29, 0.717) is 0 Å². The van der Waals surface area contributed by atoms with Crippen molar-refractivity contribution in [1.82, 2.24) is 5.06 Å². The second kappa shape index (κ2) is 6.45. The Bertz CT molecular complexity index is 622. The quantitative estimate of drug-likeness (QED) is 0.695. The number of rotatable bonds is 3. The Hall–Kier alpha value is -2.28. The third-order valence-corrected chi connectivity index (χ3v) is 4.15. The third-order valence-electron chi connectivity index (χ3n) is 2.86. The van der Waals surface area contributed by atoms with Gasteiger partial charge in [-0.25, -0.2) is 9.59 Å². The Balaban J connectivity index is 2.23. The number of hydrogen-bond donors (Lipinski definition) is 1. The molecular weight excluding hydrogens is 292 g/mol. The highest BCUT2D eigenvalue weighted by atomic mass is 32.1. The summed E-state index contributed by atoms with van der Waals surface area (Å²) >= 11 is 1.51. The van der Waals surface area contributed by atoms with Gasteiger partial charge in [0.05, 0.1) is 6.61 Å². The monoisotopic (exact) mass is 308 g/mol. The molecule has 0 fully saturated rings. The topological polar surface area (TPSA) is 81.9 Å². The molecule has 1 heterocycles. The van der Waals surface area contributed by atoms with E-state index in [9.17, 15) is 9.59 Å². The summed E-state index contributed by atoms with van der Waals surface area (Å²) in [5.74, 6) is 0. The largest absolute Gasteiger partial charge is 0.533 e. The van der Waals surface area contributed by atoms with Crippen LogP contribution in [0.3, 0.4) is 0 Å². The minimum Gasteiger partial charge on any atom is -0.433 e. The lowest BCUT2D eigenvalue weighted by Gasteiger charge is -2.23. The van der Waals surface area contributed by atoms with Crippen molar-refractivity contribution >= 4 is 33.6 Å². The van der Waals surface area contributed by atoms with Gasteiger partial charge in [-0.3, -0.25) is 0 Å². The standard InChI is InChI=1S/C14H16N2O4S/c1-3-19-14(18)20-16(13(15)17)9(2)12-8-10-6-4-5-7-11(10)21-12/h4-9H,3H2,1-2H3,(H2,15,17). The molecule has 0 spiro atoms. The molecule has 0 saturated heterocycles. The summed E-state index contributed by atoms with van der Waals surface area (Å²) in [5.41, 5.74) is 5.27. The summed E-state index contributed by atoms with van der Waals surface area (Å²) in [6, 6.07) is 8.42. The van der Waals surface area contributed by atoms with E-state index < -0.39 is 18.2 Å². The molecule has 2 N–H and O–H groups in total. The molecule has 112 valence electrons. The second-order valence-corrected chi connectivity index (χ2v) is 5.42. The van der Waals surface area contributed by atoms with Crippen molar-refractivity contribution in [2.24, 2.45) is 5.73 Å². The number of carbonyl (C=O) groups excluding carboxylic acids is 2. The second-order valence-electron chi connectivity index (χ2n) is 4.30. The van der Waals surface area contributed by atoms with Crippen LogP contribution in [-0.2, 0) is 9.57 Å². The average molecular weight is 308 g/mol. The van der Waals surface area contributed by atoms with Gasteiger partial charge in [-0.15, -0.1) is 16.4 Å². The Labute approximate surface area is 126 Å². The number of nitrogens with two attached hydrogens (primary N) is 1. The van der Waals surface area contributed by atoms with Gasteiger partial charge in [0, 0.05) is 9.58 Å². The minimum atomic E-state index is -0.954. The van der Waals surface area contributed by atoms with Crippen molar-refractivity contribution in [2.45, 2.75) is 19.9 Å². The lowest BCUT2D eigenvalue weighted by molar-refractivity contribution is -0.110. The molecule has 1 unspecified atom stereocenters. The first kappa shape index (κ1) is 15.1. The predicted molar refractivity (Wildman–Crippen MR) is 79.8 cm³/mol. The van der Waals surface area contributed by atoms with Gasteiger partial charge < -0.3 is 15.3 Å². The van der Waals surface area contributed by atoms with Crippen molar-refractivity contribution in [2.75, 3.05) is 6.61 Å². The van der Waals surface area contributed by atoms with Crippen LogP contribution in [-0.4, -0.2) is 23.9 Å². The van der Waals surface area contributed by atoms with Crippen LogP contribution >= 0.6 is 11.3 Å². The van der Waals surface area contributed by atoms with Gasteiger partial charge in [-0.1, -0.05) is 18.2 Å². The highest BCUT2D eigenvalue weighted by Gasteiger charge is 2.26. The maximum absolute atomic E-state index is 11.5. The molecule has 0 radical (unpaired) electrons. The number of benzene rings is 1. The van der Waals surface area contributed by atoms with Crippen molar-refractivity contribution in [3.05, 3.63) is 35.2 Å². The Kier molecular flexibility index (Phi) is 4.64. The zero-order valence-corrected chi connectivity index (χ0v) is 12.6. The Morgan fingerprint density at radius 2 is 2.10 bits per heavy atom. The van der Waals surface area contributed by atoms with Crippen LogP contribution in [0.2, 0.25) is 0 Å². The molecular formula is C14H16N2O4S. The van der Waals surface area contributed by atoms with Crippen LogP contribution in [0, 0.1) is 0 Å². The van der Waals surface area contributed by atoms with E-state index in [2.05, 4.69) is 4.74 Å². The molecule has 2 amide bonds. The fourth-order valence-electron chi connectivity index (χ4n) is 1.86. The zero-order valence-electron chi connectivity index (χ0n) is 11.7. The summed E-state index contributed by atoms with van der Waals surface area (Å²) in [7, 11) is 0. The van der Waals surface area contributed by atoms with Crippen LogP contribution in [0.15, 0.2) is 30.3 Å². The highest BCUT2D eigenvalue weighted by Crippen LogP contribution is 2.32. The molecule has 0 aliphatic carbocycles. The van der Waals surface area contributed by atoms with Crippen LogP contribution < -0.4 is 5.73 Å². The molecule has 0 aliphatic rings. The molecule has 1 aromatic carbocycles. The third kappa shape index (κ3) is 3.43.